The molecule has 5 nitrogen and oxygen atoms in total. The van der Waals surface area contributed by atoms with Crippen LogP contribution in [0.15, 0.2) is 56.1 Å². The molecule has 0 aliphatic heterocycles. The largest absolute Gasteiger partial charge is 0.461 e. The van der Waals surface area contributed by atoms with Crippen LogP contribution in [0.3, 0.4) is 0 Å². The molecule has 2 aromatic heterocycles. The van der Waals surface area contributed by atoms with Gasteiger partial charge in [-0.15, -0.1) is 0 Å². The van der Waals surface area contributed by atoms with Crippen molar-refractivity contribution in [3.05, 3.63) is 53.0 Å². The summed E-state index contributed by atoms with van der Waals surface area (Å²) in [6.45, 7) is 0.468. The molecule has 0 aliphatic rings. The Kier molecular flexibility index (Phi) is 3.33. The van der Waals surface area contributed by atoms with Crippen molar-refractivity contribution in [1.82, 2.24) is 10.1 Å². The first-order valence-electron chi connectivity index (χ1n) is 5.67. The minimum absolute atomic E-state index is 0.456. The fourth-order valence-corrected chi connectivity index (χ4v) is 1.84. The number of furan rings is 1. The quantitative estimate of drug-likeness (QED) is 0.794. The smallest absolute Gasteiger partial charge is 0.246 e. The lowest BCUT2D eigenvalue weighted by Crippen LogP contribution is -1.99. The summed E-state index contributed by atoms with van der Waals surface area (Å²) in [5.41, 5.74) is 0.987. The monoisotopic (exact) mass is 319 g/mol. The van der Waals surface area contributed by atoms with Crippen LogP contribution in [0.1, 0.15) is 5.89 Å². The Hall–Kier alpha value is -2.08. The van der Waals surface area contributed by atoms with E-state index in [2.05, 4.69) is 31.4 Å². The maximum absolute atomic E-state index is 5.20. The van der Waals surface area contributed by atoms with E-state index in [0.29, 0.717) is 24.0 Å². The van der Waals surface area contributed by atoms with Crippen molar-refractivity contribution >= 4 is 21.6 Å². The predicted molar refractivity (Wildman–Crippen MR) is 73.5 cm³/mol. The molecule has 1 aromatic carbocycles. The van der Waals surface area contributed by atoms with Gasteiger partial charge in [0.1, 0.15) is 0 Å². The first-order valence-corrected chi connectivity index (χ1v) is 6.46. The van der Waals surface area contributed by atoms with Gasteiger partial charge in [-0.2, -0.15) is 4.98 Å². The summed E-state index contributed by atoms with van der Waals surface area (Å²) in [6, 6.07) is 11.4. The Bertz CT molecular complexity index is 647. The van der Waals surface area contributed by atoms with Gasteiger partial charge in [-0.3, -0.25) is 0 Å². The Balaban J connectivity index is 1.66. The van der Waals surface area contributed by atoms with Gasteiger partial charge in [0.2, 0.25) is 11.7 Å². The molecule has 0 fully saturated rings. The van der Waals surface area contributed by atoms with E-state index in [1.165, 1.54) is 0 Å². The molecule has 0 aliphatic carbocycles. The Labute approximate surface area is 117 Å². The molecule has 6 heteroatoms. The Morgan fingerprint density at radius 3 is 2.74 bits per heavy atom. The zero-order chi connectivity index (χ0) is 13.1. The molecular formula is C13H10BrN3O2. The first-order chi connectivity index (χ1) is 9.31. The molecule has 96 valence electrons. The fourth-order valence-electron chi connectivity index (χ4n) is 1.58. The third-order valence-electron chi connectivity index (χ3n) is 2.50. The van der Waals surface area contributed by atoms with Gasteiger partial charge < -0.3 is 14.3 Å². The molecule has 2 heterocycles. The second-order valence-corrected chi connectivity index (χ2v) is 4.77. The van der Waals surface area contributed by atoms with Gasteiger partial charge in [0.25, 0.3) is 0 Å². The van der Waals surface area contributed by atoms with Gasteiger partial charge >= 0.3 is 0 Å². The summed E-state index contributed by atoms with van der Waals surface area (Å²) < 4.78 is 11.4. The highest BCUT2D eigenvalue weighted by Gasteiger charge is 2.10. The summed E-state index contributed by atoms with van der Waals surface area (Å²) >= 11 is 3.39. The maximum Gasteiger partial charge on any atom is 0.246 e. The molecule has 0 bridgehead atoms. The number of rotatable bonds is 4. The van der Waals surface area contributed by atoms with Crippen molar-refractivity contribution in [2.24, 2.45) is 0 Å². The summed E-state index contributed by atoms with van der Waals surface area (Å²) in [5, 5.41) is 7.06. The van der Waals surface area contributed by atoms with Crippen LogP contribution >= 0.6 is 15.9 Å². The number of benzene rings is 1. The SMILES string of the molecule is Brc1ccc(NCc2nc(-c3ccco3)no2)cc1. The van der Waals surface area contributed by atoms with Gasteiger partial charge in [-0.25, -0.2) is 0 Å². The average molecular weight is 320 g/mol. The molecule has 19 heavy (non-hydrogen) atoms. The highest BCUT2D eigenvalue weighted by atomic mass is 79.9. The van der Waals surface area contributed by atoms with Crippen LogP contribution in [-0.2, 0) is 6.54 Å². The fraction of sp³-hybridized carbons (Fsp3) is 0.0769. The second kappa shape index (κ2) is 5.27. The molecule has 0 saturated carbocycles. The molecule has 3 rings (SSSR count). The van der Waals surface area contributed by atoms with Gasteiger partial charge in [0.05, 0.1) is 12.8 Å². The minimum atomic E-state index is 0.456. The van der Waals surface area contributed by atoms with Crippen LogP contribution in [-0.4, -0.2) is 10.1 Å². The molecule has 0 amide bonds. The van der Waals surface area contributed by atoms with Crippen molar-refractivity contribution in [3.8, 4) is 11.6 Å². The Morgan fingerprint density at radius 1 is 1.16 bits per heavy atom. The first kappa shape index (κ1) is 12.0. The number of anilines is 1. The van der Waals surface area contributed by atoms with Crippen molar-refractivity contribution in [1.29, 1.82) is 0 Å². The van der Waals surface area contributed by atoms with Gasteiger partial charge in [0, 0.05) is 10.2 Å². The minimum Gasteiger partial charge on any atom is -0.461 e. The third-order valence-corrected chi connectivity index (χ3v) is 3.03. The Morgan fingerprint density at radius 2 is 2.00 bits per heavy atom. The maximum atomic E-state index is 5.20. The molecule has 3 aromatic rings. The standard InChI is InChI=1S/C13H10BrN3O2/c14-9-3-5-10(6-4-9)15-8-12-16-13(17-19-12)11-2-1-7-18-11/h1-7,15H,8H2. The van der Waals surface area contributed by atoms with Crippen LogP contribution in [0.4, 0.5) is 5.69 Å². The highest BCUT2D eigenvalue weighted by Crippen LogP contribution is 2.17. The second-order valence-electron chi connectivity index (χ2n) is 3.85. The molecule has 0 spiro atoms. The lowest BCUT2D eigenvalue weighted by Gasteiger charge is -2.02. The molecule has 0 unspecified atom stereocenters. The van der Waals surface area contributed by atoms with Crippen molar-refractivity contribution in [3.63, 3.8) is 0 Å². The summed E-state index contributed by atoms with van der Waals surface area (Å²) in [4.78, 5) is 4.24. The van der Waals surface area contributed by atoms with Crippen LogP contribution in [0.25, 0.3) is 11.6 Å². The number of nitrogens with one attached hydrogen (secondary N) is 1. The van der Waals surface area contributed by atoms with E-state index >= 15 is 0 Å². The van der Waals surface area contributed by atoms with E-state index in [9.17, 15) is 0 Å². The molecule has 0 radical (unpaired) electrons. The topological polar surface area (TPSA) is 64.1 Å². The highest BCUT2D eigenvalue weighted by molar-refractivity contribution is 9.10. The van der Waals surface area contributed by atoms with Crippen molar-refractivity contribution in [2.75, 3.05) is 5.32 Å². The molecule has 1 N–H and O–H groups in total. The van der Waals surface area contributed by atoms with Crippen LogP contribution in [0.2, 0.25) is 0 Å². The van der Waals surface area contributed by atoms with E-state index in [4.69, 9.17) is 8.94 Å². The van der Waals surface area contributed by atoms with Crippen LogP contribution in [0.5, 0.6) is 0 Å². The van der Waals surface area contributed by atoms with Gasteiger partial charge in [-0.05, 0) is 36.4 Å². The average Bonchev–Trinajstić information content (AvgIpc) is 3.09. The summed E-state index contributed by atoms with van der Waals surface area (Å²) in [7, 11) is 0. The molecule has 0 atom stereocenters. The van der Waals surface area contributed by atoms with Crippen LogP contribution < -0.4 is 5.32 Å². The number of hydrogen-bond acceptors (Lipinski definition) is 5. The van der Waals surface area contributed by atoms with Crippen molar-refractivity contribution in [2.45, 2.75) is 6.54 Å². The lowest BCUT2D eigenvalue weighted by molar-refractivity contribution is 0.382. The predicted octanol–water partition coefficient (Wildman–Crippen LogP) is 3.70. The summed E-state index contributed by atoms with van der Waals surface area (Å²) in [5.74, 6) is 1.56. The zero-order valence-electron chi connectivity index (χ0n) is 9.84. The number of hydrogen-bond donors (Lipinski definition) is 1. The third kappa shape index (κ3) is 2.85. The van der Waals surface area contributed by atoms with E-state index in [0.717, 1.165) is 10.2 Å². The van der Waals surface area contributed by atoms with Crippen molar-refractivity contribution < 1.29 is 8.94 Å². The zero-order valence-corrected chi connectivity index (χ0v) is 11.4. The summed E-state index contributed by atoms with van der Waals surface area (Å²) in [6.07, 6.45) is 1.57. The number of halogens is 1. The van der Waals surface area contributed by atoms with E-state index < -0.39 is 0 Å². The van der Waals surface area contributed by atoms with E-state index in [-0.39, 0.29) is 0 Å². The number of nitrogens with zero attached hydrogens (tertiary/aromatic N) is 2. The van der Waals surface area contributed by atoms with Crippen LogP contribution in [0, 0.1) is 0 Å². The van der Waals surface area contributed by atoms with Gasteiger partial charge in [-0.1, -0.05) is 21.1 Å². The van der Waals surface area contributed by atoms with E-state index in [1.807, 2.05) is 24.3 Å². The molecular weight excluding hydrogens is 310 g/mol. The van der Waals surface area contributed by atoms with Gasteiger partial charge in [0.15, 0.2) is 5.76 Å². The normalized spacial score (nSPS) is 10.6. The van der Waals surface area contributed by atoms with E-state index in [1.54, 1.807) is 18.4 Å². The molecule has 0 saturated heterocycles. The lowest BCUT2D eigenvalue weighted by atomic mass is 10.3. The number of aromatic nitrogens is 2.